The van der Waals surface area contributed by atoms with E-state index >= 15 is 0 Å². The second kappa shape index (κ2) is 3.97. The number of hydrogen-bond acceptors (Lipinski definition) is 5. The summed E-state index contributed by atoms with van der Waals surface area (Å²) < 4.78 is 1.55. The fourth-order valence-corrected chi connectivity index (χ4v) is 1.39. The van der Waals surface area contributed by atoms with Gasteiger partial charge in [0.1, 0.15) is 18.3 Å². The highest BCUT2D eigenvalue weighted by atomic mass is 16.6. The molecule has 2 aromatic rings. The molecule has 82 valence electrons. The van der Waals surface area contributed by atoms with Gasteiger partial charge in [0.2, 0.25) is 0 Å². The Labute approximate surface area is 90.7 Å². The maximum Gasteiger partial charge on any atom is 0.292 e. The van der Waals surface area contributed by atoms with Crippen molar-refractivity contribution in [1.82, 2.24) is 14.8 Å². The van der Waals surface area contributed by atoms with Crippen LogP contribution < -0.4 is 5.73 Å². The Bertz CT molecular complexity index is 509. The molecule has 0 aliphatic heterocycles. The van der Waals surface area contributed by atoms with E-state index < -0.39 is 4.92 Å². The van der Waals surface area contributed by atoms with Crippen molar-refractivity contribution < 1.29 is 4.92 Å². The summed E-state index contributed by atoms with van der Waals surface area (Å²) in [6.45, 7) is 0.369. The molecular weight excluding hydrogens is 210 g/mol. The number of para-hydroxylation sites is 1. The minimum absolute atomic E-state index is 0.0855. The van der Waals surface area contributed by atoms with Crippen molar-refractivity contribution in [2.75, 3.05) is 5.73 Å². The van der Waals surface area contributed by atoms with Crippen LogP contribution in [0.15, 0.2) is 30.9 Å². The number of benzene rings is 1. The van der Waals surface area contributed by atoms with Crippen LogP contribution in [-0.2, 0) is 6.54 Å². The third-order valence-corrected chi connectivity index (χ3v) is 2.17. The van der Waals surface area contributed by atoms with Crippen molar-refractivity contribution in [2.45, 2.75) is 6.54 Å². The highest BCUT2D eigenvalue weighted by Crippen LogP contribution is 2.24. The molecule has 2 rings (SSSR count). The van der Waals surface area contributed by atoms with Crippen molar-refractivity contribution in [1.29, 1.82) is 0 Å². The van der Waals surface area contributed by atoms with E-state index in [0.29, 0.717) is 12.1 Å². The smallest absolute Gasteiger partial charge is 0.292 e. The molecule has 1 aromatic heterocycles. The summed E-state index contributed by atoms with van der Waals surface area (Å²) in [6, 6.07) is 4.70. The molecule has 1 heterocycles. The molecule has 7 heteroatoms. The van der Waals surface area contributed by atoms with Crippen molar-refractivity contribution in [3.05, 3.63) is 46.5 Å². The minimum atomic E-state index is -0.500. The van der Waals surface area contributed by atoms with Crippen molar-refractivity contribution >= 4 is 11.4 Å². The molecule has 0 atom stereocenters. The molecule has 0 unspecified atom stereocenters. The van der Waals surface area contributed by atoms with Gasteiger partial charge in [-0.1, -0.05) is 12.1 Å². The van der Waals surface area contributed by atoms with E-state index in [9.17, 15) is 10.1 Å². The molecule has 1 aromatic carbocycles. The van der Waals surface area contributed by atoms with Crippen molar-refractivity contribution in [2.24, 2.45) is 0 Å². The van der Waals surface area contributed by atoms with Gasteiger partial charge in [-0.3, -0.25) is 10.1 Å². The normalized spacial score (nSPS) is 10.2. The summed E-state index contributed by atoms with van der Waals surface area (Å²) >= 11 is 0. The fourth-order valence-electron chi connectivity index (χ4n) is 1.39. The van der Waals surface area contributed by atoms with E-state index in [1.165, 1.54) is 18.7 Å². The number of aromatic nitrogens is 3. The van der Waals surface area contributed by atoms with E-state index in [1.807, 2.05) is 0 Å². The molecule has 0 amide bonds. The third kappa shape index (κ3) is 1.83. The van der Waals surface area contributed by atoms with E-state index in [-0.39, 0.29) is 11.4 Å². The minimum Gasteiger partial charge on any atom is -0.393 e. The van der Waals surface area contributed by atoms with E-state index in [0.717, 1.165) is 0 Å². The average molecular weight is 219 g/mol. The highest BCUT2D eigenvalue weighted by Gasteiger charge is 2.14. The standard InChI is InChI=1S/C9H9N5O2/c10-9-7(4-13-6-11-5-12-13)2-1-3-8(9)14(15)16/h1-3,5-6H,4,10H2. The molecule has 7 nitrogen and oxygen atoms in total. The van der Waals surface area contributed by atoms with Gasteiger partial charge in [0.25, 0.3) is 5.69 Å². The Morgan fingerprint density at radius 2 is 2.31 bits per heavy atom. The second-order valence-corrected chi connectivity index (χ2v) is 3.20. The zero-order chi connectivity index (χ0) is 11.5. The quantitative estimate of drug-likeness (QED) is 0.468. The Balaban J connectivity index is 2.35. The maximum atomic E-state index is 10.7. The van der Waals surface area contributed by atoms with Crippen LogP contribution in [0, 0.1) is 10.1 Å². The fraction of sp³-hybridized carbons (Fsp3) is 0.111. The molecule has 0 spiro atoms. The summed E-state index contributed by atoms with van der Waals surface area (Å²) in [7, 11) is 0. The topological polar surface area (TPSA) is 99.9 Å². The average Bonchev–Trinajstić information content (AvgIpc) is 2.73. The summed E-state index contributed by atoms with van der Waals surface area (Å²) in [5.74, 6) is 0. The van der Waals surface area contributed by atoms with Gasteiger partial charge in [-0.2, -0.15) is 5.10 Å². The first-order valence-corrected chi connectivity index (χ1v) is 4.52. The molecule has 0 aliphatic rings. The molecule has 0 saturated carbocycles. The molecule has 2 N–H and O–H groups in total. The molecule has 0 bridgehead atoms. The summed E-state index contributed by atoms with van der Waals surface area (Å²) in [5.41, 5.74) is 6.43. The SMILES string of the molecule is Nc1c(Cn2cncn2)cccc1[N+](=O)[O-]. The van der Waals surface area contributed by atoms with Crippen molar-refractivity contribution in [3.63, 3.8) is 0 Å². The summed E-state index contributed by atoms with van der Waals surface area (Å²) in [5, 5.41) is 14.6. The molecular formula is C9H9N5O2. The number of nitro groups is 1. The van der Waals surface area contributed by atoms with Gasteiger partial charge in [0.05, 0.1) is 11.5 Å². The van der Waals surface area contributed by atoms with Crippen LogP contribution in [0.1, 0.15) is 5.56 Å². The number of anilines is 1. The van der Waals surface area contributed by atoms with Gasteiger partial charge in [-0.25, -0.2) is 9.67 Å². The Morgan fingerprint density at radius 3 is 2.94 bits per heavy atom. The predicted octanol–water partition coefficient (Wildman–Crippen LogP) is 0.817. The number of nitrogens with two attached hydrogens (primary N) is 1. The van der Waals surface area contributed by atoms with Gasteiger partial charge >= 0.3 is 0 Å². The lowest BCUT2D eigenvalue weighted by molar-refractivity contribution is -0.383. The van der Waals surface area contributed by atoms with Gasteiger partial charge in [0, 0.05) is 11.6 Å². The van der Waals surface area contributed by atoms with Crippen LogP contribution in [0.2, 0.25) is 0 Å². The zero-order valence-electron chi connectivity index (χ0n) is 8.28. The van der Waals surface area contributed by atoms with Crippen LogP contribution in [0.25, 0.3) is 0 Å². The largest absolute Gasteiger partial charge is 0.393 e. The van der Waals surface area contributed by atoms with Crippen LogP contribution in [0.4, 0.5) is 11.4 Å². The van der Waals surface area contributed by atoms with Crippen LogP contribution in [-0.4, -0.2) is 19.7 Å². The van der Waals surface area contributed by atoms with Gasteiger partial charge < -0.3 is 5.73 Å². The first kappa shape index (κ1) is 10.1. The van der Waals surface area contributed by atoms with E-state index in [1.54, 1.807) is 16.8 Å². The zero-order valence-corrected chi connectivity index (χ0v) is 8.28. The predicted molar refractivity (Wildman–Crippen MR) is 56.6 cm³/mol. The van der Waals surface area contributed by atoms with Crippen molar-refractivity contribution in [3.8, 4) is 0 Å². The monoisotopic (exact) mass is 219 g/mol. The third-order valence-electron chi connectivity index (χ3n) is 2.17. The lowest BCUT2D eigenvalue weighted by Crippen LogP contribution is -2.05. The maximum absolute atomic E-state index is 10.7. The molecule has 16 heavy (non-hydrogen) atoms. The number of nitrogens with zero attached hydrogens (tertiary/aromatic N) is 4. The Hall–Kier alpha value is -2.44. The molecule has 0 fully saturated rings. The number of nitrogen functional groups attached to an aromatic ring is 1. The van der Waals surface area contributed by atoms with Crippen LogP contribution >= 0.6 is 0 Å². The molecule has 0 radical (unpaired) electrons. The summed E-state index contributed by atoms with van der Waals surface area (Å²) in [4.78, 5) is 14.0. The lowest BCUT2D eigenvalue weighted by Gasteiger charge is -2.05. The second-order valence-electron chi connectivity index (χ2n) is 3.20. The summed E-state index contributed by atoms with van der Waals surface area (Å²) in [6.07, 6.45) is 2.92. The molecule has 0 aliphatic carbocycles. The number of rotatable bonds is 3. The first-order chi connectivity index (χ1) is 7.68. The van der Waals surface area contributed by atoms with Gasteiger partial charge in [-0.05, 0) is 0 Å². The highest BCUT2D eigenvalue weighted by molar-refractivity contribution is 5.62. The van der Waals surface area contributed by atoms with Gasteiger partial charge in [0.15, 0.2) is 0 Å². The van der Waals surface area contributed by atoms with Gasteiger partial charge in [-0.15, -0.1) is 0 Å². The Morgan fingerprint density at radius 1 is 1.50 bits per heavy atom. The number of nitro benzene ring substituents is 1. The Kier molecular flexibility index (Phi) is 2.50. The van der Waals surface area contributed by atoms with Crippen LogP contribution in [0.3, 0.4) is 0 Å². The lowest BCUT2D eigenvalue weighted by atomic mass is 10.1. The van der Waals surface area contributed by atoms with E-state index in [4.69, 9.17) is 5.73 Å². The van der Waals surface area contributed by atoms with E-state index in [2.05, 4.69) is 10.1 Å². The van der Waals surface area contributed by atoms with Crippen LogP contribution in [0.5, 0.6) is 0 Å². The first-order valence-electron chi connectivity index (χ1n) is 4.52. The number of hydrogen-bond donors (Lipinski definition) is 1. The molecule has 0 saturated heterocycles.